The summed E-state index contributed by atoms with van der Waals surface area (Å²) in [6.45, 7) is 0. The van der Waals surface area contributed by atoms with Gasteiger partial charge in [-0.2, -0.15) is 8.42 Å². The number of hydrogen-bond donors (Lipinski definition) is 0. The lowest BCUT2D eigenvalue weighted by Crippen LogP contribution is -2.16. The molecule has 0 fully saturated rings. The Morgan fingerprint density at radius 2 is 1.20 bits per heavy atom. The smallest absolute Gasteiger partial charge is 0.310 e. The van der Waals surface area contributed by atoms with Crippen molar-refractivity contribution < 1.29 is 25.2 Å². The van der Waals surface area contributed by atoms with Crippen molar-refractivity contribution in [2.75, 3.05) is 0 Å². The van der Waals surface area contributed by atoms with Gasteiger partial charge in [-0.05, 0) is 77.0 Å². The minimum Gasteiger partial charge on any atom is -0.456 e. The van der Waals surface area contributed by atoms with Crippen LogP contribution in [0.1, 0.15) is 0 Å². The Balaban J connectivity index is 1.68. The van der Waals surface area contributed by atoms with Gasteiger partial charge in [-0.3, -0.25) is 4.79 Å². The van der Waals surface area contributed by atoms with Gasteiger partial charge in [0.05, 0.1) is 10.8 Å². The van der Waals surface area contributed by atoms with Crippen molar-refractivity contribution >= 4 is 42.4 Å². The van der Waals surface area contributed by atoms with Gasteiger partial charge >= 0.3 is 10.1 Å². The lowest BCUT2D eigenvalue weighted by Gasteiger charge is -2.39. The molecule has 1 heterocycles. The van der Waals surface area contributed by atoms with E-state index in [2.05, 4.69) is 0 Å². The van der Waals surface area contributed by atoms with Crippen molar-refractivity contribution in [2.45, 2.75) is 19.6 Å². The number of rotatable bonds is 6. The molecule has 9 heteroatoms. The molecule has 0 atom stereocenters. The van der Waals surface area contributed by atoms with Gasteiger partial charge in [0.15, 0.2) is 0 Å². The first-order valence-corrected chi connectivity index (χ1v) is 15.1. The summed E-state index contributed by atoms with van der Waals surface area (Å²) in [5.41, 5.74) is 0.443. The van der Waals surface area contributed by atoms with Crippen molar-refractivity contribution in [2.24, 2.45) is 0 Å². The van der Waals surface area contributed by atoms with Crippen molar-refractivity contribution in [1.82, 2.24) is 0 Å². The first-order chi connectivity index (χ1) is 19.3. The molecule has 1 aromatic heterocycles. The molecule has 6 aromatic rings. The zero-order valence-electron chi connectivity index (χ0n) is 20.7. The van der Waals surface area contributed by atoms with Crippen LogP contribution in [0.2, 0.25) is 0 Å². The summed E-state index contributed by atoms with van der Waals surface area (Å²) in [7, 11) is -7.97. The Labute approximate surface area is 229 Å². The molecule has 0 aliphatic rings. The molecule has 200 valence electrons. The van der Waals surface area contributed by atoms with Gasteiger partial charge in [-0.15, -0.1) is 0 Å². The lowest BCUT2D eigenvalue weighted by atomic mass is 10.1. The van der Waals surface area contributed by atoms with E-state index in [1.165, 1.54) is 0 Å². The first-order valence-electron chi connectivity index (χ1n) is 12.1. The van der Waals surface area contributed by atoms with Crippen LogP contribution in [0.25, 0.3) is 21.9 Å². The fourth-order valence-electron chi connectivity index (χ4n) is 4.56. The average molecular weight is 575 g/mol. The maximum atomic E-state index is 14.8. The third kappa shape index (κ3) is 4.38. The number of para-hydroxylation sites is 1. The van der Waals surface area contributed by atoms with E-state index in [0.717, 1.165) is 12.1 Å². The number of benzene rings is 5. The molecule has 0 bridgehead atoms. The second-order valence-corrected chi connectivity index (χ2v) is 13.3. The fourth-order valence-corrected chi connectivity index (χ4v) is 9.84. The highest BCUT2D eigenvalue weighted by Crippen LogP contribution is 2.70. The van der Waals surface area contributed by atoms with E-state index in [9.17, 15) is 22.0 Å². The summed E-state index contributed by atoms with van der Waals surface area (Å²) in [5.74, 6) is -2.20. The van der Waals surface area contributed by atoms with Gasteiger partial charge in [-0.25, -0.2) is 12.4 Å². The number of halogens is 2. The highest BCUT2D eigenvalue weighted by molar-refractivity contribution is 8.33. The Morgan fingerprint density at radius 1 is 0.600 bits per heavy atom. The van der Waals surface area contributed by atoms with Crippen LogP contribution in [-0.4, -0.2) is 8.42 Å². The van der Waals surface area contributed by atoms with Gasteiger partial charge in [0.2, 0.25) is 5.43 Å². The van der Waals surface area contributed by atoms with Gasteiger partial charge in [-0.1, -0.05) is 48.5 Å². The van der Waals surface area contributed by atoms with Crippen molar-refractivity contribution in [3.05, 3.63) is 143 Å². The third-order valence-electron chi connectivity index (χ3n) is 6.38. The molecule has 5 nitrogen and oxygen atoms in total. The first kappa shape index (κ1) is 25.9. The van der Waals surface area contributed by atoms with Gasteiger partial charge in [0, 0.05) is 20.8 Å². The molecule has 0 unspecified atom stereocenters. The molecular weight excluding hydrogens is 554 g/mol. The van der Waals surface area contributed by atoms with Gasteiger partial charge < -0.3 is 4.42 Å². The second kappa shape index (κ2) is 10.0. The van der Waals surface area contributed by atoms with Gasteiger partial charge in [0.25, 0.3) is 0 Å². The topological polar surface area (TPSA) is 73.6 Å². The molecule has 6 rings (SSSR count). The standard InChI is InChI=1S/C31H20F2O5S2/c32-21-15-18-30(27(33)19-21)40(35,36)38-39(22-9-3-1-4-10-22,23-11-5-2-6-12-23)24-16-17-29-26(20-24)31(34)25-13-7-8-14-28(25)37-29/h1-20H. The Morgan fingerprint density at radius 3 is 1.85 bits per heavy atom. The van der Waals surface area contributed by atoms with Crippen LogP contribution < -0.4 is 5.43 Å². The Hall–Kier alpha value is -4.31. The summed E-state index contributed by atoms with van der Waals surface area (Å²) in [5, 5.41) is 0.600. The van der Waals surface area contributed by atoms with E-state index in [-0.39, 0.29) is 10.8 Å². The molecule has 0 aliphatic heterocycles. The molecule has 0 saturated heterocycles. The SMILES string of the molecule is O=c1c2ccccc2oc2ccc(S(OS(=O)(=O)c3ccc(F)cc3F)(c3ccccc3)c3ccccc3)cc12. The highest BCUT2D eigenvalue weighted by atomic mass is 32.3. The summed E-state index contributed by atoms with van der Waals surface area (Å²) in [4.78, 5) is 14.1. The monoisotopic (exact) mass is 574 g/mol. The van der Waals surface area contributed by atoms with Crippen molar-refractivity contribution in [3.63, 3.8) is 0 Å². The Kier molecular flexibility index (Phi) is 6.50. The van der Waals surface area contributed by atoms with E-state index >= 15 is 0 Å². The molecule has 40 heavy (non-hydrogen) atoms. The number of hydrogen-bond acceptors (Lipinski definition) is 5. The van der Waals surface area contributed by atoms with Crippen molar-refractivity contribution in [1.29, 1.82) is 0 Å². The number of fused-ring (bicyclic) bond motifs is 2. The molecule has 0 radical (unpaired) electrons. The molecule has 0 aliphatic carbocycles. The molecular formula is C31H20F2O5S2. The van der Waals surface area contributed by atoms with Crippen LogP contribution in [0.3, 0.4) is 0 Å². The van der Waals surface area contributed by atoms with Crippen molar-refractivity contribution in [3.8, 4) is 0 Å². The molecule has 0 spiro atoms. The quantitative estimate of drug-likeness (QED) is 0.190. The minimum atomic E-state index is -4.81. The summed E-state index contributed by atoms with van der Waals surface area (Å²) < 4.78 is 68.1. The van der Waals surface area contributed by atoms with E-state index in [4.69, 9.17) is 8.05 Å². The van der Waals surface area contributed by atoms with Crippen LogP contribution in [-0.2, 0) is 13.7 Å². The highest BCUT2D eigenvalue weighted by Gasteiger charge is 2.39. The predicted molar refractivity (Wildman–Crippen MR) is 150 cm³/mol. The van der Waals surface area contributed by atoms with Gasteiger partial charge in [0.1, 0.15) is 27.7 Å². The van der Waals surface area contributed by atoms with E-state index in [1.54, 1.807) is 103 Å². The summed E-state index contributed by atoms with van der Waals surface area (Å²) >= 11 is 0. The maximum Gasteiger partial charge on any atom is 0.310 e. The van der Waals surface area contributed by atoms with Crippen LogP contribution >= 0.6 is 10.3 Å². The van der Waals surface area contributed by atoms with E-state index < -0.39 is 37.0 Å². The van der Waals surface area contributed by atoms with Crippen LogP contribution in [0, 0.1) is 11.6 Å². The molecule has 0 N–H and O–H groups in total. The van der Waals surface area contributed by atoms with Crippen LogP contribution in [0.5, 0.6) is 0 Å². The molecule has 0 saturated carbocycles. The normalized spacial score (nSPS) is 12.6. The maximum absolute atomic E-state index is 14.8. The van der Waals surface area contributed by atoms with E-state index in [0.29, 0.717) is 37.3 Å². The minimum absolute atomic E-state index is 0.230. The van der Waals surface area contributed by atoms with Crippen LogP contribution in [0.4, 0.5) is 8.78 Å². The Bertz CT molecular complexity index is 2000. The second-order valence-electron chi connectivity index (χ2n) is 8.86. The third-order valence-corrected chi connectivity index (χ3v) is 11.6. The molecule has 5 aromatic carbocycles. The fraction of sp³-hybridized carbons (Fsp3) is 0. The predicted octanol–water partition coefficient (Wildman–Crippen LogP) is 7.83. The molecule has 0 amide bonds. The average Bonchev–Trinajstić information content (AvgIpc) is 2.97. The van der Waals surface area contributed by atoms with Crippen LogP contribution in [0.15, 0.2) is 150 Å². The largest absolute Gasteiger partial charge is 0.456 e. The summed E-state index contributed by atoms with van der Waals surface area (Å²) in [6.07, 6.45) is 0. The summed E-state index contributed by atoms with van der Waals surface area (Å²) in [6, 6.07) is 31.2. The zero-order chi connectivity index (χ0) is 27.9. The van der Waals surface area contributed by atoms with E-state index in [1.807, 2.05) is 0 Å². The zero-order valence-corrected chi connectivity index (χ0v) is 22.3. The lowest BCUT2D eigenvalue weighted by molar-refractivity contribution is 0.493.